The molecule has 0 saturated carbocycles. The molecular formula is C27H34O3. The smallest absolute Gasteiger partial charge is 0.303 e. The normalized spacial score (nSPS) is 11.4. The first kappa shape index (κ1) is 22.3. The summed E-state index contributed by atoms with van der Waals surface area (Å²) in [6.07, 6.45) is 11.8. The standard InChI is InChI=1S/C14H8.C13H26O3/c1-2-6-11-9(4-1)8-10-5-3-7-12-13(10)14(11)12;14-12-10-8-6-4-2-1-3-5-7-9-11-13(15)16/h1-8H;14H,1-12H2,(H,15,16). The number of benzene rings is 3. The first-order valence-corrected chi connectivity index (χ1v) is 11.5. The van der Waals surface area contributed by atoms with Crippen LogP contribution in [0.4, 0.5) is 0 Å². The molecule has 0 saturated heterocycles. The van der Waals surface area contributed by atoms with E-state index in [0.29, 0.717) is 13.0 Å². The maximum atomic E-state index is 10.2. The van der Waals surface area contributed by atoms with Crippen molar-refractivity contribution in [2.75, 3.05) is 6.61 Å². The molecule has 0 heterocycles. The molecule has 0 radical (unpaired) electrons. The van der Waals surface area contributed by atoms with E-state index in [1.54, 1.807) is 0 Å². The number of hydrogen-bond acceptors (Lipinski definition) is 2. The summed E-state index contributed by atoms with van der Waals surface area (Å²) < 4.78 is 0. The lowest BCUT2D eigenvalue weighted by Crippen LogP contribution is -1.93. The van der Waals surface area contributed by atoms with Gasteiger partial charge in [0.25, 0.3) is 0 Å². The molecule has 0 fully saturated rings. The van der Waals surface area contributed by atoms with Crippen molar-refractivity contribution in [1.82, 2.24) is 0 Å². The summed E-state index contributed by atoms with van der Waals surface area (Å²) in [5.41, 5.74) is 2.92. The lowest BCUT2D eigenvalue weighted by Gasteiger charge is -2.01. The third-order valence-corrected chi connectivity index (χ3v) is 5.89. The maximum Gasteiger partial charge on any atom is 0.303 e. The molecule has 3 aromatic carbocycles. The van der Waals surface area contributed by atoms with Crippen LogP contribution in [0.25, 0.3) is 32.7 Å². The van der Waals surface area contributed by atoms with Gasteiger partial charge in [-0.25, -0.2) is 0 Å². The Morgan fingerprint density at radius 3 is 1.97 bits per heavy atom. The van der Waals surface area contributed by atoms with Crippen LogP contribution in [0.3, 0.4) is 0 Å². The van der Waals surface area contributed by atoms with E-state index in [4.69, 9.17) is 10.2 Å². The van der Waals surface area contributed by atoms with Gasteiger partial charge in [0.2, 0.25) is 0 Å². The molecule has 0 aromatic heterocycles. The van der Waals surface area contributed by atoms with E-state index in [2.05, 4.69) is 48.5 Å². The van der Waals surface area contributed by atoms with Gasteiger partial charge in [0.05, 0.1) is 0 Å². The van der Waals surface area contributed by atoms with Crippen molar-refractivity contribution in [2.45, 2.75) is 70.6 Å². The Morgan fingerprint density at radius 2 is 1.30 bits per heavy atom. The Hall–Kier alpha value is -2.39. The van der Waals surface area contributed by atoms with Crippen molar-refractivity contribution in [3.05, 3.63) is 48.5 Å². The lowest BCUT2D eigenvalue weighted by atomic mass is 10.1. The lowest BCUT2D eigenvalue weighted by molar-refractivity contribution is -0.137. The zero-order valence-corrected chi connectivity index (χ0v) is 17.9. The maximum absolute atomic E-state index is 10.2. The number of rotatable bonds is 12. The Labute approximate surface area is 179 Å². The molecule has 0 bridgehead atoms. The Morgan fingerprint density at radius 1 is 0.700 bits per heavy atom. The average molecular weight is 407 g/mol. The Kier molecular flexibility index (Phi) is 8.70. The van der Waals surface area contributed by atoms with Crippen molar-refractivity contribution < 1.29 is 15.0 Å². The van der Waals surface area contributed by atoms with Crippen molar-refractivity contribution in [3.63, 3.8) is 0 Å². The molecule has 160 valence electrons. The van der Waals surface area contributed by atoms with Crippen LogP contribution < -0.4 is 0 Å². The fourth-order valence-corrected chi connectivity index (χ4v) is 4.22. The van der Waals surface area contributed by atoms with Crippen LogP contribution in [0.2, 0.25) is 0 Å². The molecule has 0 aliphatic heterocycles. The predicted molar refractivity (Wildman–Crippen MR) is 126 cm³/mol. The molecule has 3 aromatic rings. The van der Waals surface area contributed by atoms with E-state index in [0.717, 1.165) is 25.7 Å². The minimum absolute atomic E-state index is 0.321. The highest BCUT2D eigenvalue weighted by molar-refractivity contribution is 6.29. The minimum atomic E-state index is -0.677. The highest BCUT2D eigenvalue weighted by Crippen LogP contribution is 2.51. The Bertz CT molecular complexity index is 961. The van der Waals surface area contributed by atoms with E-state index in [-0.39, 0.29) is 0 Å². The van der Waals surface area contributed by atoms with E-state index in [9.17, 15) is 4.79 Å². The van der Waals surface area contributed by atoms with Crippen LogP contribution in [0.5, 0.6) is 0 Å². The molecule has 30 heavy (non-hydrogen) atoms. The zero-order valence-electron chi connectivity index (χ0n) is 17.9. The second kappa shape index (κ2) is 11.7. The fraction of sp³-hybridized carbons (Fsp3) is 0.444. The van der Waals surface area contributed by atoms with Gasteiger partial charge in [0.1, 0.15) is 0 Å². The minimum Gasteiger partial charge on any atom is -0.481 e. The summed E-state index contributed by atoms with van der Waals surface area (Å²) in [6.45, 7) is 0.323. The van der Waals surface area contributed by atoms with Gasteiger partial charge in [-0.2, -0.15) is 0 Å². The summed E-state index contributed by atoms with van der Waals surface area (Å²) in [7, 11) is 0. The number of hydrogen-bond donors (Lipinski definition) is 2. The van der Waals surface area contributed by atoms with Gasteiger partial charge in [-0.05, 0) is 51.6 Å². The molecule has 0 spiro atoms. The molecular weight excluding hydrogens is 372 g/mol. The van der Waals surface area contributed by atoms with Crippen LogP contribution in [0.1, 0.15) is 70.6 Å². The van der Waals surface area contributed by atoms with Crippen LogP contribution in [-0.4, -0.2) is 22.8 Å². The summed E-state index contributed by atoms with van der Waals surface area (Å²) in [4.78, 5) is 10.2. The van der Waals surface area contributed by atoms with Crippen LogP contribution in [0, 0.1) is 0 Å². The van der Waals surface area contributed by atoms with Crippen LogP contribution in [-0.2, 0) is 4.79 Å². The number of carboxylic acids is 1. The zero-order chi connectivity index (χ0) is 21.2. The summed E-state index contributed by atoms with van der Waals surface area (Å²) in [5.74, 6) is -0.677. The molecule has 3 heteroatoms. The van der Waals surface area contributed by atoms with Crippen LogP contribution in [0.15, 0.2) is 48.5 Å². The first-order chi connectivity index (χ1) is 14.7. The Balaban J connectivity index is 0.000000171. The summed E-state index contributed by atoms with van der Waals surface area (Å²) in [6, 6.07) is 17.5. The number of unbranched alkanes of at least 4 members (excludes halogenated alkanes) is 9. The van der Waals surface area contributed by atoms with Gasteiger partial charge in [0, 0.05) is 13.0 Å². The quantitative estimate of drug-likeness (QED) is 0.191. The number of carboxylic acid groups (broad SMARTS) is 1. The second-order valence-electron chi connectivity index (χ2n) is 8.28. The molecule has 1 aliphatic rings. The average Bonchev–Trinajstić information content (AvgIpc) is 3.49. The number of aliphatic hydroxyl groups is 1. The van der Waals surface area contributed by atoms with Crippen molar-refractivity contribution in [2.24, 2.45) is 0 Å². The largest absolute Gasteiger partial charge is 0.481 e. The summed E-state index contributed by atoms with van der Waals surface area (Å²) in [5, 5.41) is 22.7. The van der Waals surface area contributed by atoms with Gasteiger partial charge in [0.15, 0.2) is 0 Å². The number of aliphatic hydroxyl groups excluding tert-OH is 1. The second-order valence-corrected chi connectivity index (χ2v) is 8.28. The monoisotopic (exact) mass is 406 g/mol. The van der Waals surface area contributed by atoms with Gasteiger partial charge in [-0.1, -0.05) is 93.8 Å². The molecule has 2 N–H and O–H groups in total. The molecule has 0 amide bonds. The first-order valence-electron chi connectivity index (χ1n) is 11.5. The highest BCUT2D eigenvalue weighted by Gasteiger charge is 2.23. The molecule has 3 nitrogen and oxygen atoms in total. The number of carbonyl (C=O) groups is 1. The third kappa shape index (κ3) is 6.30. The third-order valence-electron chi connectivity index (χ3n) is 5.89. The van der Waals surface area contributed by atoms with E-state index >= 15 is 0 Å². The van der Waals surface area contributed by atoms with E-state index < -0.39 is 5.97 Å². The number of aliphatic carboxylic acids is 1. The van der Waals surface area contributed by atoms with Crippen molar-refractivity contribution >= 4 is 27.5 Å². The van der Waals surface area contributed by atoms with E-state index in [1.165, 1.54) is 71.2 Å². The fourth-order valence-electron chi connectivity index (χ4n) is 4.22. The van der Waals surface area contributed by atoms with Gasteiger partial charge in [-0.3, -0.25) is 4.79 Å². The summed E-state index contributed by atoms with van der Waals surface area (Å²) >= 11 is 0. The van der Waals surface area contributed by atoms with E-state index in [1.807, 2.05) is 0 Å². The predicted octanol–water partition coefficient (Wildman–Crippen LogP) is 7.33. The highest BCUT2D eigenvalue weighted by atomic mass is 16.4. The van der Waals surface area contributed by atoms with Crippen LogP contribution >= 0.6 is 0 Å². The van der Waals surface area contributed by atoms with Gasteiger partial charge < -0.3 is 10.2 Å². The molecule has 0 unspecified atom stereocenters. The van der Waals surface area contributed by atoms with Gasteiger partial charge in [-0.15, -0.1) is 0 Å². The number of fused-ring (bicyclic) bond motifs is 3. The van der Waals surface area contributed by atoms with Crippen molar-refractivity contribution in [3.8, 4) is 11.1 Å². The molecule has 0 atom stereocenters. The van der Waals surface area contributed by atoms with Gasteiger partial charge >= 0.3 is 5.97 Å². The van der Waals surface area contributed by atoms with Crippen molar-refractivity contribution in [1.29, 1.82) is 0 Å². The molecule has 1 aliphatic carbocycles. The molecule has 4 rings (SSSR count). The SMILES string of the molecule is O=C(O)CCCCCCCCCCCCO.c1ccc2c3c4c-3cccc4cc2c1. The topological polar surface area (TPSA) is 57.5 Å².